The molecule has 1 N–H and O–H groups in total. The van der Waals surface area contributed by atoms with Gasteiger partial charge in [0.1, 0.15) is 11.4 Å². The first kappa shape index (κ1) is 20.1. The predicted molar refractivity (Wildman–Crippen MR) is 112 cm³/mol. The highest BCUT2D eigenvalue weighted by Gasteiger charge is 2.17. The SMILES string of the molecule is COc1ccc(C)cc1NC(=O)c1ccnc(C(=O)N(C)Cc2ccccc2)c1. The smallest absolute Gasteiger partial charge is 0.272 e. The Balaban J connectivity index is 1.76. The Labute approximate surface area is 170 Å². The summed E-state index contributed by atoms with van der Waals surface area (Å²) in [6, 6.07) is 18.3. The second-order valence-electron chi connectivity index (χ2n) is 6.73. The number of ether oxygens (including phenoxy) is 1. The van der Waals surface area contributed by atoms with Gasteiger partial charge in [-0.15, -0.1) is 0 Å². The summed E-state index contributed by atoms with van der Waals surface area (Å²) < 4.78 is 5.30. The number of aryl methyl sites for hydroxylation is 1. The normalized spacial score (nSPS) is 10.3. The van der Waals surface area contributed by atoms with Gasteiger partial charge in [0.05, 0.1) is 12.8 Å². The monoisotopic (exact) mass is 389 g/mol. The molecule has 0 aliphatic carbocycles. The molecule has 0 saturated heterocycles. The van der Waals surface area contributed by atoms with E-state index in [1.165, 1.54) is 12.3 Å². The van der Waals surface area contributed by atoms with Crippen LogP contribution in [0.25, 0.3) is 0 Å². The zero-order chi connectivity index (χ0) is 20.8. The van der Waals surface area contributed by atoms with Gasteiger partial charge in [-0.1, -0.05) is 36.4 Å². The summed E-state index contributed by atoms with van der Waals surface area (Å²) in [5, 5.41) is 2.84. The van der Waals surface area contributed by atoms with E-state index in [1.54, 1.807) is 31.2 Å². The van der Waals surface area contributed by atoms with E-state index in [0.717, 1.165) is 11.1 Å². The molecule has 6 heteroatoms. The van der Waals surface area contributed by atoms with Crippen molar-refractivity contribution in [1.29, 1.82) is 0 Å². The lowest BCUT2D eigenvalue weighted by molar-refractivity contribution is 0.0779. The number of amides is 2. The molecule has 2 aromatic carbocycles. The number of carbonyl (C=O) groups is 2. The molecule has 0 unspecified atom stereocenters. The minimum atomic E-state index is -0.337. The molecule has 148 valence electrons. The molecule has 0 saturated carbocycles. The molecule has 0 aliphatic heterocycles. The quantitative estimate of drug-likeness (QED) is 0.694. The maximum Gasteiger partial charge on any atom is 0.272 e. The first-order valence-electron chi connectivity index (χ1n) is 9.19. The van der Waals surface area contributed by atoms with Crippen molar-refractivity contribution < 1.29 is 14.3 Å². The van der Waals surface area contributed by atoms with Crippen molar-refractivity contribution in [1.82, 2.24) is 9.88 Å². The van der Waals surface area contributed by atoms with Gasteiger partial charge in [0, 0.05) is 25.4 Å². The molecular weight excluding hydrogens is 366 g/mol. The largest absolute Gasteiger partial charge is 0.495 e. The summed E-state index contributed by atoms with van der Waals surface area (Å²) >= 11 is 0. The molecular formula is C23H23N3O3. The fourth-order valence-corrected chi connectivity index (χ4v) is 2.93. The molecule has 6 nitrogen and oxygen atoms in total. The summed E-state index contributed by atoms with van der Waals surface area (Å²) in [4.78, 5) is 31.2. The van der Waals surface area contributed by atoms with Crippen LogP contribution >= 0.6 is 0 Å². The molecule has 0 spiro atoms. The zero-order valence-corrected chi connectivity index (χ0v) is 16.7. The van der Waals surface area contributed by atoms with Crippen molar-refractivity contribution in [3.63, 3.8) is 0 Å². The van der Waals surface area contributed by atoms with Crippen molar-refractivity contribution in [2.45, 2.75) is 13.5 Å². The summed E-state index contributed by atoms with van der Waals surface area (Å²) in [5.41, 5.74) is 3.15. The highest BCUT2D eigenvalue weighted by molar-refractivity contribution is 6.06. The number of methoxy groups -OCH3 is 1. The summed E-state index contributed by atoms with van der Waals surface area (Å²) in [7, 11) is 3.26. The zero-order valence-electron chi connectivity index (χ0n) is 16.7. The molecule has 0 aliphatic rings. The third-order valence-electron chi connectivity index (χ3n) is 4.45. The van der Waals surface area contributed by atoms with Gasteiger partial charge in [-0.25, -0.2) is 0 Å². The molecule has 0 bridgehead atoms. The molecule has 0 atom stereocenters. The van der Waals surface area contributed by atoms with Gasteiger partial charge in [0.15, 0.2) is 0 Å². The molecule has 3 rings (SSSR count). The average Bonchev–Trinajstić information content (AvgIpc) is 2.74. The van der Waals surface area contributed by atoms with E-state index in [0.29, 0.717) is 23.5 Å². The van der Waals surface area contributed by atoms with Crippen LogP contribution in [0.15, 0.2) is 66.9 Å². The lowest BCUT2D eigenvalue weighted by Crippen LogP contribution is -2.27. The fourth-order valence-electron chi connectivity index (χ4n) is 2.93. The van der Waals surface area contributed by atoms with E-state index in [9.17, 15) is 9.59 Å². The highest BCUT2D eigenvalue weighted by atomic mass is 16.5. The number of benzene rings is 2. The summed E-state index contributed by atoms with van der Waals surface area (Å²) in [6.45, 7) is 2.39. The standard InChI is InChI=1S/C23H23N3O3/c1-16-9-10-21(29-3)19(13-16)25-22(27)18-11-12-24-20(14-18)23(28)26(2)15-17-7-5-4-6-8-17/h4-14H,15H2,1-3H3,(H,25,27). The van der Waals surface area contributed by atoms with Crippen LogP contribution in [0.1, 0.15) is 32.0 Å². The fraction of sp³-hybridized carbons (Fsp3) is 0.174. The second-order valence-corrected chi connectivity index (χ2v) is 6.73. The Hall–Kier alpha value is -3.67. The first-order chi connectivity index (χ1) is 14.0. The van der Waals surface area contributed by atoms with E-state index in [2.05, 4.69) is 10.3 Å². The van der Waals surface area contributed by atoms with Crippen LogP contribution in [0.4, 0.5) is 5.69 Å². The van der Waals surface area contributed by atoms with E-state index in [1.807, 2.05) is 49.4 Å². The van der Waals surface area contributed by atoms with Crippen molar-refractivity contribution in [2.24, 2.45) is 0 Å². The van der Waals surface area contributed by atoms with Crippen LogP contribution in [0.5, 0.6) is 5.75 Å². The molecule has 29 heavy (non-hydrogen) atoms. The lowest BCUT2D eigenvalue weighted by atomic mass is 10.1. The Morgan fingerprint density at radius 2 is 1.83 bits per heavy atom. The van der Waals surface area contributed by atoms with Crippen LogP contribution in [0, 0.1) is 6.92 Å². The number of rotatable bonds is 6. The van der Waals surface area contributed by atoms with E-state index in [4.69, 9.17) is 4.74 Å². The maximum atomic E-state index is 12.7. The number of anilines is 1. The maximum absolute atomic E-state index is 12.7. The first-order valence-corrected chi connectivity index (χ1v) is 9.19. The van der Waals surface area contributed by atoms with Gasteiger partial charge < -0.3 is 15.0 Å². The Bertz CT molecular complexity index is 1020. The van der Waals surface area contributed by atoms with Crippen LogP contribution < -0.4 is 10.1 Å². The number of aromatic nitrogens is 1. The van der Waals surface area contributed by atoms with Crippen molar-refractivity contribution >= 4 is 17.5 Å². The van der Waals surface area contributed by atoms with Gasteiger partial charge in [-0.05, 0) is 42.3 Å². The van der Waals surface area contributed by atoms with Gasteiger partial charge in [-0.2, -0.15) is 0 Å². The molecule has 3 aromatic rings. The van der Waals surface area contributed by atoms with Crippen LogP contribution in [0.3, 0.4) is 0 Å². The number of nitrogens with one attached hydrogen (secondary N) is 1. The second kappa shape index (κ2) is 9.01. The number of pyridine rings is 1. The highest BCUT2D eigenvalue weighted by Crippen LogP contribution is 2.25. The van der Waals surface area contributed by atoms with Gasteiger partial charge in [-0.3, -0.25) is 14.6 Å². The minimum absolute atomic E-state index is 0.215. The molecule has 0 radical (unpaired) electrons. The van der Waals surface area contributed by atoms with E-state index >= 15 is 0 Å². The van der Waals surface area contributed by atoms with Gasteiger partial charge in [0.2, 0.25) is 0 Å². The van der Waals surface area contributed by atoms with E-state index < -0.39 is 0 Å². The third-order valence-corrected chi connectivity index (χ3v) is 4.45. The Morgan fingerprint density at radius 1 is 1.07 bits per heavy atom. The third kappa shape index (κ3) is 4.99. The van der Waals surface area contributed by atoms with Crippen LogP contribution in [-0.4, -0.2) is 35.9 Å². The van der Waals surface area contributed by atoms with E-state index in [-0.39, 0.29) is 17.5 Å². The lowest BCUT2D eigenvalue weighted by Gasteiger charge is -2.17. The number of hydrogen-bond donors (Lipinski definition) is 1. The van der Waals surface area contributed by atoms with Crippen LogP contribution in [-0.2, 0) is 6.54 Å². The van der Waals surface area contributed by atoms with Gasteiger partial charge in [0.25, 0.3) is 11.8 Å². The minimum Gasteiger partial charge on any atom is -0.495 e. The molecule has 1 heterocycles. The summed E-state index contributed by atoms with van der Waals surface area (Å²) in [5.74, 6) is -0.0235. The molecule has 1 aromatic heterocycles. The average molecular weight is 389 g/mol. The number of hydrogen-bond acceptors (Lipinski definition) is 4. The summed E-state index contributed by atoms with van der Waals surface area (Å²) in [6.07, 6.45) is 1.46. The van der Waals surface area contributed by atoms with Gasteiger partial charge >= 0.3 is 0 Å². The van der Waals surface area contributed by atoms with Crippen molar-refractivity contribution in [2.75, 3.05) is 19.5 Å². The predicted octanol–water partition coefficient (Wildman–Crippen LogP) is 3.92. The molecule has 2 amide bonds. The molecule has 0 fully saturated rings. The Kier molecular flexibility index (Phi) is 6.24. The van der Waals surface area contributed by atoms with Crippen LogP contribution in [0.2, 0.25) is 0 Å². The topological polar surface area (TPSA) is 71.5 Å². The number of nitrogens with zero attached hydrogens (tertiary/aromatic N) is 2. The Morgan fingerprint density at radius 3 is 2.55 bits per heavy atom. The van der Waals surface area contributed by atoms with Crippen molar-refractivity contribution in [3.05, 3.63) is 89.2 Å². The number of carbonyl (C=O) groups excluding carboxylic acids is 2. The van der Waals surface area contributed by atoms with Crippen molar-refractivity contribution in [3.8, 4) is 5.75 Å².